The second-order valence-electron chi connectivity index (χ2n) is 10.2. The van der Waals surface area contributed by atoms with E-state index in [1.165, 1.54) is 0 Å². The van der Waals surface area contributed by atoms with Crippen molar-refractivity contribution in [2.24, 2.45) is 0 Å². The van der Waals surface area contributed by atoms with E-state index in [2.05, 4.69) is 17.4 Å². The molecule has 0 amide bonds. The Morgan fingerprint density at radius 1 is 0.357 bits per heavy atom. The van der Waals surface area contributed by atoms with Gasteiger partial charge in [-0.1, -0.05) is 104 Å². The molecule has 27 nitrogen and oxygen atoms in total. The van der Waals surface area contributed by atoms with Crippen LogP contribution in [0.25, 0.3) is 0 Å². The molecular weight excluding hydrogens is 1030 g/mol. The molecule has 0 saturated carbocycles. The van der Waals surface area contributed by atoms with E-state index in [4.69, 9.17) is 80.8 Å². The maximum Gasteiger partial charge on any atom is 0.335 e. The van der Waals surface area contributed by atoms with Gasteiger partial charge in [-0.3, -0.25) is 17.5 Å². The third-order valence-electron chi connectivity index (χ3n) is 6.05. The number of ether oxygens (including phenoxy) is 2. The number of hydrogen-bond donors (Lipinski definition) is 15. The lowest BCUT2D eigenvalue weighted by atomic mass is 10.4. The Balaban J connectivity index is -0.0000000266. The van der Waals surface area contributed by atoms with E-state index >= 15 is 0 Å². The molecular formula is C39H118O27P2S2. The molecule has 0 aliphatic rings. The van der Waals surface area contributed by atoms with Gasteiger partial charge in [0.25, 0.3) is 20.2 Å². The number of aliphatic hydroxyl groups excluding tert-OH is 13. The van der Waals surface area contributed by atoms with E-state index in [0.717, 1.165) is 28.4 Å². The second kappa shape index (κ2) is 75.0. The fraction of sp³-hybridized carbons (Fsp3) is 1.00. The van der Waals surface area contributed by atoms with Crippen molar-refractivity contribution in [2.75, 3.05) is 121 Å². The molecule has 31 heteroatoms. The van der Waals surface area contributed by atoms with Crippen LogP contribution in [0, 0.1) is 0 Å². The molecule has 0 fully saturated rings. The third kappa shape index (κ3) is 65.5. The molecule has 0 aromatic carbocycles. The molecule has 0 rings (SSSR count). The minimum atomic E-state index is -3.87. The molecule has 0 radical (unpaired) electrons. The standard InChI is InChI=1S/C7H17O7P.C7H16O7S.C4H11O5P.C4H10O5S.C3H8O3.14CH4/c2*1-13-15(11,12)7(3-9)5-14-4-6(10)2-8;2*1-9-10(7,8)4(2-5)3-6;4-1-3(6)2-5;;;;;;;;;;;;;;/h6-10H,2-5H2,1H3,(H,11,12);6-10H,2-5H2,1H3;4-6H,2-3H2,1H3,(H,7,8);4-6H,2-3H2,1H3;3-6H,1-2H2;14*1H4. The summed E-state index contributed by atoms with van der Waals surface area (Å²) in [6.07, 6.45) is -3.05. The van der Waals surface area contributed by atoms with E-state index in [-0.39, 0.29) is 144 Å². The zero-order chi connectivity index (χ0) is 45.2. The van der Waals surface area contributed by atoms with Crippen LogP contribution in [0.5, 0.6) is 0 Å². The van der Waals surface area contributed by atoms with Gasteiger partial charge < -0.3 is 94.7 Å². The molecule has 458 valence electrons. The predicted octanol–water partition coefficient (Wildman–Crippen LogP) is 0.967. The van der Waals surface area contributed by atoms with Crippen molar-refractivity contribution in [3.8, 4) is 0 Å². The van der Waals surface area contributed by atoms with Crippen LogP contribution < -0.4 is 0 Å². The first-order valence-corrected chi connectivity index (χ1v) is 21.8. The topological polar surface area (TPSA) is 461 Å². The molecule has 0 spiro atoms. The summed E-state index contributed by atoms with van der Waals surface area (Å²) < 4.78 is 91.8. The van der Waals surface area contributed by atoms with Gasteiger partial charge >= 0.3 is 15.2 Å². The molecule has 0 aromatic rings. The highest BCUT2D eigenvalue weighted by atomic mass is 32.2. The highest BCUT2D eigenvalue weighted by Crippen LogP contribution is 2.46. The van der Waals surface area contributed by atoms with Gasteiger partial charge in [-0.05, 0) is 0 Å². The van der Waals surface area contributed by atoms with E-state index in [9.17, 15) is 30.9 Å². The number of aliphatic hydroxyl groups is 13. The summed E-state index contributed by atoms with van der Waals surface area (Å²) in [7, 11) is -11.2. The van der Waals surface area contributed by atoms with Gasteiger partial charge in [0.2, 0.25) is 0 Å². The molecule has 70 heavy (non-hydrogen) atoms. The molecule has 0 saturated heterocycles. The first-order chi connectivity index (χ1) is 25.9. The van der Waals surface area contributed by atoms with Crippen LogP contribution in [0.15, 0.2) is 0 Å². The van der Waals surface area contributed by atoms with Crippen molar-refractivity contribution in [3.63, 3.8) is 0 Å². The average Bonchev–Trinajstić information content (AvgIpc) is 3.18. The zero-order valence-corrected chi connectivity index (χ0v) is 34.7. The van der Waals surface area contributed by atoms with Gasteiger partial charge in [0.05, 0.1) is 107 Å². The Morgan fingerprint density at radius 3 is 0.771 bits per heavy atom. The van der Waals surface area contributed by atoms with Gasteiger partial charge in [-0.2, -0.15) is 16.8 Å². The SMILES string of the molecule is C.C.C.C.C.C.C.C.C.C.C.C.C.C.COP(=O)(O)C(CO)CO.COP(=O)(O)C(CO)COCC(O)CO.COS(=O)(=O)C(CO)CO.COS(=O)(=O)C(CO)COCC(O)CO.OCC(O)CO. The molecule has 0 aliphatic heterocycles. The first kappa shape index (κ1) is 128. The molecule has 0 aliphatic carbocycles. The van der Waals surface area contributed by atoms with Crippen LogP contribution in [-0.2, 0) is 56.3 Å². The van der Waals surface area contributed by atoms with Crippen LogP contribution in [0.1, 0.15) is 104 Å². The van der Waals surface area contributed by atoms with Crippen LogP contribution >= 0.6 is 15.2 Å². The number of hydrogen-bond acceptors (Lipinski definition) is 25. The van der Waals surface area contributed by atoms with Crippen LogP contribution in [0.3, 0.4) is 0 Å². The largest absolute Gasteiger partial charge is 0.395 e. The van der Waals surface area contributed by atoms with Gasteiger partial charge in [0, 0.05) is 14.2 Å². The van der Waals surface area contributed by atoms with Crippen LogP contribution in [0.2, 0.25) is 0 Å². The van der Waals surface area contributed by atoms with Gasteiger partial charge in [-0.15, -0.1) is 0 Å². The molecule has 0 bridgehead atoms. The van der Waals surface area contributed by atoms with E-state index in [1.807, 2.05) is 0 Å². The van der Waals surface area contributed by atoms with Gasteiger partial charge in [0.15, 0.2) is 0 Å². The summed E-state index contributed by atoms with van der Waals surface area (Å²) in [5.74, 6) is 0. The maximum atomic E-state index is 11.2. The smallest absolute Gasteiger partial charge is 0.335 e. The lowest BCUT2D eigenvalue weighted by molar-refractivity contribution is 0.00212. The predicted molar refractivity (Wildman–Crippen MR) is 285 cm³/mol. The van der Waals surface area contributed by atoms with E-state index in [1.54, 1.807) is 0 Å². The first-order valence-electron chi connectivity index (χ1n) is 15.6. The Kier molecular flexibility index (Phi) is 137. The Hall–Kier alpha value is -0.480. The van der Waals surface area contributed by atoms with Crippen LogP contribution in [-0.4, -0.2) is 254 Å². The molecule has 6 unspecified atom stereocenters. The average molecular weight is 1150 g/mol. The van der Waals surface area contributed by atoms with Crippen molar-refractivity contribution in [1.29, 1.82) is 0 Å². The minimum absolute atomic E-state index is 0. The Labute approximate surface area is 428 Å². The molecule has 6 atom stereocenters. The highest BCUT2D eigenvalue weighted by molar-refractivity contribution is 7.87. The lowest BCUT2D eigenvalue weighted by Gasteiger charge is -2.19. The van der Waals surface area contributed by atoms with Crippen molar-refractivity contribution in [3.05, 3.63) is 0 Å². The highest BCUT2D eigenvalue weighted by Gasteiger charge is 2.31. The summed E-state index contributed by atoms with van der Waals surface area (Å²) >= 11 is 0. The third-order valence-corrected chi connectivity index (χ3v) is 12.7. The quantitative estimate of drug-likeness (QED) is 0.0424. The van der Waals surface area contributed by atoms with Crippen molar-refractivity contribution >= 4 is 35.4 Å². The fourth-order valence-electron chi connectivity index (χ4n) is 2.39. The summed E-state index contributed by atoms with van der Waals surface area (Å²) in [6.45, 7) is -6.13. The van der Waals surface area contributed by atoms with Crippen molar-refractivity contribution in [2.45, 2.75) is 144 Å². The maximum absolute atomic E-state index is 11.2. The second-order valence-corrected chi connectivity index (χ2v) is 18.6. The molecule has 0 heterocycles. The van der Waals surface area contributed by atoms with Crippen molar-refractivity contribution in [1.82, 2.24) is 0 Å². The summed E-state index contributed by atoms with van der Waals surface area (Å²) in [4.78, 5) is 18.0. The van der Waals surface area contributed by atoms with Crippen molar-refractivity contribution < 1.29 is 129 Å². The minimum Gasteiger partial charge on any atom is -0.395 e. The Morgan fingerprint density at radius 2 is 0.600 bits per heavy atom. The summed E-state index contributed by atoms with van der Waals surface area (Å²) in [5.41, 5.74) is -2.13. The monoisotopic (exact) mass is 1140 g/mol. The zero-order valence-electron chi connectivity index (χ0n) is 31.3. The van der Waals surface area contributed by atoms with Gasteiger partial charge in [0.1, 0.15) is 40.1 Å². The molecule has 0 aromatic heterocycles. The lowest BCUT2D eigenvalue weighted by Crippen LogP contribution is -2.32. The number of rotatable bonds is 26. The Bertz CT molecular complexity index is 1200. The van der Waals surface area contributed by atoms with Crippen LogP contribution in [0.4, 0.5) is 0 Å². The summed E-state index contributed by atoms with van der Waals surface area (Å²) in [6, 6.07) is 0. The summed E-state index contributed by atoms with van der Waals surface area (Å²) in [5, 5.41) is 107. The molecule has 15 N–H and O–H groups in total. The van der Waals surface area contributed by atoms with Gasteiger partial charge in [-0.25, -0.2) is 0 Å². The normalized spacial score (nSPS) is 12.8. The van der Waals surface area contributed by atoms with E-state index in [0.29, 0.717) is 0 Å². The van der Waals surface area contributed by atoms with E-state index < -0.39 is 128 Å². The fourth-order valence-corrected chi connectivity index (χ4v) is 5.26.